The molecule has 0 atom stereocenters. The number of hydrogen-bond donors (Lipinski definition) is 1. The van der Waals surface area contributed by atoms with Gasteiger partial charge in [0.25, 0.3) is 0 Å². The van der Waals surface area contributed by atoms with E-state index in [1.165, 1.54) is 31.5 Å². The smallest absolute Gasteiger partial charge is 0.100 e. The Morgan fingerprint density at radius 1 is 1.04 bits per heavy atom. The number of fused-ring (bicyclic) bond motifs is 1. The maximum Gasteiger partial charge on any atom is 0.100 e. The molecule has 4 heteroatoms. The van der Waals surface area contributed by atoms with Crippen molar-refractivity contribution in [1.29, 1.82) is 0 Å². The third kappa shape index (κ3) is 3.67. The lowest BCUT2D eigenvalue weighted by atomic mass is 10.0. The van der Waals surface area contributed by atoms with Crippen LogP contribution in [0.2, 0.25) is 0 Å². The van der Waals surface area contributed by atoms with Crippen molar-refractivity contribution < 1.29 is 0 Å². The van der Waals surface area contributed by atoms with Gasteiger partial charge in [-0.25, -0.2) is 4.98 Å². The van der Waals surface area contributed by atoms with E-state index >= 15 is 0 Å². The molecule has 1 aromatic heterocycles. The Bertz CT molecular complexity index is 842. The minimum Gasteiger partial charge on any atom is -0.310 e. The van der Waals surface area contributed by atoms with Crippen LogP contribution in [0.15, 0.2) is 54.9 Å². The van der Waals surface area contributed by atoms with Crippen molar-refractivity contribution in [1.82, 2.24) is 19.8 Å². The van der Waals surface area contributed by atoms with E-state index in [0.29, 0.717) is 12.1 Å². The summed E-state index contributed by atoms with van der Waals surface area (Å²) in [6.45, 7) is 7.94. The molecule has 0 bridgehead atoms. The molecule has 0 amide bonds. The second-order valence-corrected chi connectivity index (χ2v) is 7.55. The number of nitrogens with zero attached hydrogens (tertiary/aromatic N) is 3. The number of piperidine rings is 1. The summed E-state index contributed by atoms with van der Waals surface area (Å²) in [6, 6.07) is 18.4. The first-order valence-electron chi connectivity index (χ1n) is 9.69. The largest absolute Gasteiger partial charge is 0.310 e. The Kier molecular flexibility index (Phi) is 5.05. The van der Waals surface area contributed by atoms with E-state index in [1.807, 2.05) is 12.4 Å². The van der Waals surface area contributed by atoms with Crippen LogP contribution in [0, 0.1) is 0 Å². The molecule has 136 valence electrons. The lowest BCUT2D eigenvalue weighted by Crippen LogP contribution is -2.44. The van der Waals surface area contributed by atoms with E-state index in [2.05, 4.69) is 76.1 Å². The quantitative estimate of drug-likeness (QED) is 0.757. The third-order valence-corrected chi connectivity index (χ3v) is 5.52. The fraction of sp³-hybridized carbons (Fsp3) is 0.409. The zero-order valence-corrected chi connectivity index (χ0v) is 15.7. The van der Waals surface area contributed by atoms with Crippen molar-refractivity contribution >= 4 is 11.0 Å². The molecular weight excluding hydrogens is 320 g/mol. The van der Waals surface area contributed by atoms with Crippen molar-refractivity contribution in [3.63, 3.8) is 0 Å². The maximum absolute atomic E-state index is 4.48. The summed E-state index contributed by atoms with van der Waals surface area (Å²) in [5.41, 5.74) is 4.68. The highest BCUT2D eigenvalue weighted by atomic mass is 15.2. The van der Waals surface area contributed by atoms with Crippen molar-refractivity contribution in [2.24, 2.45) is 0 Å². The topological polar surface area (TPSA) is 33.1 Å². The lowest BCUT2D eigenvalue weighted by Gasteiger charge is -2.35. The van der Waals surface area contributed by atoms with Crippen molar-refractivity contribution in [2.45, 2.75) is 45.3 Å². The molecule has 1 saturated heterocycles. The molecule has 2 heterocycles. The monoisotopic (exact) mass is 348 g/mol. The lowest BCUT2D eigenvalue weighted by molar-refractivity contribution is 0.161. The minimum atomic E-state index is 0.641. The van der Waals surface area contributed by atoms with Crippen LogP contribution in [-0.2, 0) is 6.54 Å². The molecule has 0 spiro atoms. The van der Waals surface area contributed by atoms with Gasteiger partial charge in [0.15, 0.2) is 0 Å². The summed E-state index contributed by atoms with van der Waals surface area (Å²) in [6.07, 6.45) is 4.40. The zero-order chi connectivity index (χ0) is 17.9. The Hall–Kier alpha value is -2.17. The number of hydrogen-bond acceptors (Lipinski definition) is 3. The van der Waals surface area contributed by atoms with Crippen LogP contribution in [0.1, 0.15) is 32.3 Å². The second kappa shape index (κ2) is 7.60. The second-order valence-electron chi connectivity index (χ2n) is 7.55. The predicted octanol–water partition coefficient (Wildman–Crippen LogP) is 3.99. The van der Waals surface area contributed by atoms with E-state index in [4.69, 9.17) is 0 Å². The number of aromatic nitrogens is 2. The average Bonchev–Trinajstić information content (AvgIpc) is 3.11. The van der Waals surface area contributed by atoms with Gasteiger partial charge in [0.05, 0.1) is 11.0 Å². The van der Waals surface area contributed by atoms with Gasteiger partial charge in [-0.15, -0.1) is 0 Å². The van der Waals surface area contributed by atoms with Crippen LogP contribution in [0.3, 0.4) is 0 Å². The first-order valence-corrected chi connectivity index (χ1v) is 9.69. The molecule has 1 fully saturated rings. The molecule has 2 aromatic carbocycles. The van der Waals surface area contributed by atoms with Crippen LogP contribution >= 0.6 is 0 Å². The first-order chi connectivity index (χ1) is 12.7. The molecule has 1 N–H and O–H groups in total. The molecule has 4 rings (SSSR count). The molecule has 4 nitrogen and oxygen atoms in total. The summed E-state index contributed by atoms with van der Waals surface area (Å²) >= 11 is 0. The van der Waals surface area contributed by atoms with Gasteiger partial charge in [0.2, 0.25) is 0 Å². The highest BCUT2D eigenvalue weighted by Gasteiger charge is 2.20. The van der Waals surface area contributed by atoms with Gasteiger partial charge in [-0.3, -0.25) is 4.57 Å². The Morgan fingerprint density at radius 2 is 1.77 bits per heavy atom. The van der Waals surface area contributed by atoms with Crippen LogP contribution in [0.5, 0.6) is 0 Å². The summed E-state index contributed by atoms with van der Waals surface area (Å²) < 4.78 is 2.15. The van der Waals surface area contributed by atoms with Crippen molar-refractivity contribution in [2.75, 3.05) is 13.1 Å². The van der Waals surface area contributed by atoms with E-state index in [9.17, 15) is 0 Å². The first kappa shape index (κ1) is 17.3. The number of rotatable bonds is 5. The Balaban J connectivity index is 1.36. The number of imidazole rings is 1. The zero-order valence-electron chi connectivity index (χ0n) is 15.7. The van der Waals surface area contributed by atoms with E-state index in [0.717, 1.165) is 23.3 Å². The summed E-state index contributed by atoms with van der Waals surface area (Å²) in [7, 11) is 0. The molecule has 0 unspecified atom stereocenters. The standard InChI is InChI=1S/C22H28N4/c1-17(2)25-13-11-19(12-14-25)23-15-18-7-9-20(10-8-18)26-16-24-21-5-3-4-6-22(21)26/h3-10,16-17,19,23H,11-15H2,1-2H3. The SMILES string of the molecule is CC(C)N1CCC(NCc2ccc(-n3cnc4ccccc43)cc2)CC1. The van der Waals surface area contributed by atoms with Crippen LogP contribution in [0.4, 0.5) is 0 Å². The molecular formula is C22H28N4. The van der Waals surface area contributed by atoms with E-state index in [1.54, 1.807) is 0 Å². The summed E-state index contributed by atoms with van der Waals surface area (Å²) in [5.74, 6) is 0. The number of benzene rings is 2. The fourth-order valence-corrected chi connectivity index (χ4v) is 3.82. The Labute approximate surface area is 155 Å². The molecule has 0 aliphatic carbocycles. The fourth-order valence-electron chi connectivity index (χ4n) is 3.82. The van der Waals surface area contributed by atoms with Gasteiger partial charge >= 0.3 is 0 Å². The van der Waals surface area contributed by atoms with E-state index in [-0.39, 0.29) is 0 Å². The van der Waals surface area contributed by atoms with Gasteiger partial charge in [-0.05, 0) is 69.6 Å². The summed E-state index contributed by atoms with van der Waals surface area (Å²) in [4.78, 5) is 7.05. The highest BCUT2D eigenvalue weighted by Crippen LogP contribution is 2.19. The molecule has 1 aliphatic heterocycles. The highest BCUT2D eigenvalue weighted by molar-refractivity contribution is 5.77. The van der Waals surface area contributed by atoms with Crippen LogP contribution in [-0.4, -0.2) is 39.6 Å². The van der Waals surface area contributed by atoms with Gasteiger partial charge in [-0.1, -0.05) is 24.3 Å². The number of likely N-dealkylation sites (tertiary alicyclic amines) is 1. The normalized spacial score (nSPS) is 16.6. The number of nitrogens with one attached hydrogen (secondary N) is 1. The summed E-state index contributed by atoms with van der Waals surface area (Å²) in [5, 5.41) is 3.74. The van der Waals surface area contributed by atoms with Gasteiger partial charge in [-0.2, -0.15) is 0 Å². The molecule has 26 heavy (non-hydrogen) atoms. The molecule has 0 saturated carbocycles. The van der Waals surface area contributed by atoms with Gasteiger partial charge in [0.1, 0.15) is 6.33 Å². The predicted molar refractivity (Wildman–Crippen MR) is 108 cm³/mol. The van der Waals surface area contributed by atoms with Crippen LogP contribution in [0.25, 0.3) is 16.7 Å². The van der Waals surface area contributed by atoms with E-state index < -0.39 is 0 Å². The minimum absolute atomic E-state index is 0.641. The molecule has 0 radical (unpaired) electrons. The Morgan fingerprint density at radius 3 is 2.50 bits per heavy atom. The van der Waals surface area contributed by atoms with Crippen LogP contribution < -0.4 is 5.32 Å². The van der Waals surface area contributed by atoms with Crippen molar-refractivity contribution in [3.8, 4) is 5.69 Å². The average molecular weight is 348 g/mol. The third-order valence-electron chi connectivity index (χ3n) is 5.52. The number of para-hydroxylation sites is 2. The maximum atomic E-state index is 4.48. The van der Waals surface area contributed by atoms with Crippen molar-refractivity contribution in [3.05, 3.63) is 60.4 Å². The van der Waals surface area contributed by atoms with Gasteiger partial charge in [0, 0.05) is 24.3 Å². The molecule has 3 aromatic rings. The van der Waals surface area contributed by atoms with Gasteiger partial charge < -0.3 is 10.2 Å². The molecule has 1 aliphatic rings.